The average molecular weight is 763 g/mol. The van der Waals surface area contributed by atoms with E-state index < -0.39 is 31.7 Å². The number of rotatable bonds is 38. The summed E-state index contributed by atoms with van der Waals surface area (Å²) in [5.41, 5.74) is 0. The van der Waals surface area contributed by atoms with E-state index in [9.17, 15) is 25.9 Å². The predicted molar refractivity (Wildman–Crippen MR) is 185 cm³/mol. The minimum absolute atomic E-state index is 0. The summed E-state index contributed by atoms with van der Waals surface area (Å²) in [5, 5.41) is 0. The Morgan fingerprint density at radius 2 is 0.755 bits per heavy atom. The fourth-order valence-electron chi connectivity index (χ4n) is 5.20. The van der Waals surface area contributed by atoms with Crippen molar-refractivity contribution in [3.05, 3.63) is 0 Å². The van der Waals surface area contributed by atoms with Crippen LogP contribution >= 0.6 is 0 Å². The molecule has 0 amide bonds. The van der Waals surface area contributed by atoms with Crippen molar-refractivity contribution < 1.29 is 109 Å². The summed E-state index contributed by atoms with van der Waals surface area (Å²) in [6.07, 6.45) is 21.5. The Labute approximate surface area is 344 Å². The maximum Gasteiger partial charge on any atom is 1.00 e. The van der Waals surface area contributed by atoms with Gasteiger partial charge in [-0.3, -0.25) is 0 Å². The quantitative estimate of drug-likeness (QED) is 0.0496. The summed E-state index contributed by atoms with van der Waals surface area (Å²) >= 11 is 0. The van der Waals surface area contributed by atoms with Crippen molar-refractivity contribution in [2.45, 2.75) is 154 Å². The molecule has 0 aliphatic rings. The van der Waals surface area contributed by atoms with E-state index in [4.69, 9.17) is 23.7 Å². The first kappa shape index (κ1) is 55.0. The van der Waals surface area contributed by atoms with Gasteiger partial charge in [-0.05, 0) is 25.7 Å². The van der Waals surface area contributed by atoms with Crippen molar-refractivity contribution in [3.63, 3.8) is 0 Å². The van der Waals surface area contributed by atoms with Gasteiger partial charge >= 0.3 is 59.1 Å². The molecule has 49 heavy (non-hydrogen) atoms. The minimum atomic E-state index is -4.23. The third-order valence-corrected chi connectivity index (χ3v) is 9.47. The molecule has 0 radical (unpaired) electrons. The Hall–Kier alpha value is 1.62. The topological polar surface area (TPSA) is 161 Å². The molecule has 0 spiro atoms. The van der Waals surface area contributed by atoms with Crippen LogP contribution in [0.25, 0.3) is 0 Å². The summed E-state index contributed by atoms with van der Waals surface area (Å²) < 4.78 is 93.7. The normalized spacial score (nSPS) is 13.1. The van der Waals surface area contributed by atoms with Crippen LogP contribution in [0.15, 0.2) is 0 Å². The summed E-state index contributed by atoms with van der Waals surface area (Å²) in [7, 11) is -8.45. The molecule has 0 aromatic carbocycles. The van der Waals surface area contributed by atoms with E-state index in [1.807, 2.05) is 0 Å². The predicted octanol–water partition coefficient (Wildman–Crippen LogP) is 0.747. The minimum Gasteiger partial charge on any atom is -0.748 e. The van der Waals surface area contributed by atoms with E-state index in [0.717, 1.165) is 38.5 Å². The summed E-state index contributed by atoms with van der Waals surface area (Å²) in [4.78, 5) is 0. The monoisotopic (exact) mass is 762 g/mol. The molecule has 15 heteroatoms. The second-order valence-corrected chi connectivity index (χ2v) is 15.6. The van der Waals surface area contributed by atoms with Crippen LogP contribution in [0.5, 0.6) is 0 Å². The molecule has 0 heterocycles. The molecule has 284 valence electrons. The molecule has 0 aliphatic heterocycles. The first-order valence-electron chi connectivity index (χ1n) is 18.4. The summed E-state index contributed by atoms with van der Waals surface area (Å²) in [5.74, 6) is -0.855. The molecule has 11 nitrogen and oxygen atoms in total. The third-order valence-electron chi connectivity index (χ3n) is 7.90. The summed E-state index contributed by atoms with van der Waals surface area (Å²) in [6, 6.07) is 0. The van der Waals surface area contributed by atoms with Gasteiger partial charge in [0.25, 0.3) is 0 Å². The molecular weight excluding hydrogens is 694 g/mol. The molecule has 0 saturated carbocycles. The largest absolute Gasteiger partial charge is 1.00 e. The van der Waals surface area contributed by atoms with Crippen LogP contribution in [0.1, 0.15) is 142 Å². The van der Waals surface area contributed by atoms with E-state index >= 15 is 0 Å². The fourth-order valence-corrected chi connectivity index (χ4v) is 6.14. The molecular formula is C34H68Na2O11S2. The van der Waals surface area contributed by atoms with Crippen molar-refractivity contribution in [1.82, 2.24) is 0 Å². The van der Waals surface area contributed by atoms with Gasteiger partial charge in [-0.1, -0.05) is 117 Å². The first-order valence-corrected chi connectivity index (χ1v) is 21.6. The zero-order valence-corrected chi connectivity index (χ0v) is 37.3. The van der Waals surface area contributed by atoms with Gasteiger partial charge in [0.2, 0.25) is 0 Å². The van der Waals surface area contributed by atoms with Gasteiger partial charge in [-0.15, -0.1) is 0 Å². The number of unbranched alkanes of at least 4 members (excludes halogenated alkanes) is 14. The second kappa shape index (κ2) is 39.3. The Balaban J connectivity index is -0.0000106. The van der Waals surface area contributed by atoms with Gasteiger partial charge in [0.05, 0.1) is 72.1 Å². The van der Waals surface area contributed by atoms with Crippen molar-refractivity contribution in [1.29, 1.82) is 0 Å². The van der Waals surface area contributed by atoms with Gasteiger partial charge in [0.15, 0.2) is 0 Å². The van der Waals surface area contributed by atoms with Crippen LogP contribution in [-0.2, 0) is 43.9 Å². The van der Waals surface area contributed by atoms with E-state index in [1.165, 1.54) is 77.0 Å². The SMILES string of the molecule is CCCCCCCCCCC(COCC(CCCCCCCCCC)OCCOCCCS(=O)(=O)[O-])OCCOCCCS(=O)(=O)[O-].[Na+].[Na+]. The average Bonchev–Trinajstić information content (AvgIpc) is 3.00. The molecule has 0 rings (SSSR count). The van der Waals surface area contributed by atoms with E-state index in [-0.39, 0.29) is 97.4 Å². The van der Waals surface area contributed by atoms with Crippen LogP contribution in [0.4, 0.5) is 0 Å². The van der Waals surface area contributed by atoms with Crippen LogP contribution in [0, 0.1) is 0 Å². The zero-order chi connectivity index (χ0) is 34.9. The molecule has 0 fully saturated rings. The number of ether oxygens (including phenoxy) is 5. The molecule has 0 aromatic heterocycles. The van der Waals surface area contributed by atoms with E-state index in [1.54, 1.807) is 0 Å². The van der Waals surface area contributed by atoms with Crippen LogP contribution in [0.3, 0.4) is 0 Å². The molecule has 0 bridgehead atoms. The van der Waals surface area contributed by atoms with Crippen molar-refractivity contribution >= 4 is 20.2 Å². The van der Waals surface area contributed by atoms with E-state index in [0.29, 0.717) is 39.6 Å². The second-order valence-electron chi connectivity index (χ2n) is 12.5. The van der Waals surface area contributed by atoms with Crippen molar-refractivity contribution in [2.24, 2.45) is 0 Å². The number of hydrogen-bond donors (Lipinski definition) is 0. The summed E-state index contributed by atoms with van der Waals surface area (Å²) in [6.45, 7) is 7.06. The fraction of sp³-hybridized carbons (Fsp3) is 1.00. The van der Waals surface area contributed by atoms with Gasteiger partial charge < -0.3 is 32.8 Å². The van der Waals surface area contributed by atoms with Gasteiger partial charge in [0.1, 0.15) is 0 Å². The Morgan fingerprint density at radius 3 is 1.08 bits per heavy atom. The van der Waals surface area contributed by atoms with Crippen LogP contribution in [0.2, 0.25) is 0 Å². The van der Waals surface area contributed by atoms with Crippen LogP contribution < -0.4 is 59.1 Å². The smallest absolute Gasteiger partial charge is 0.748 e. The van der Waals surface area contributed by atoms with Crippen LogP contribution in [-0.4, -0.2) is 103 Å². The zero-order valence-electron chi connectivity index (χ0n) is 31.7. The molecule has 0 saturated heterocycles. The van der Waals surface area contributed by atoms with Gasteiger partial charge in [-0.2, -0.15) is 0 Å². The number of hydrogen-bond acceptors (Lipinski definition) is 11. The Bertz CT molecular complexity index is 811. The van der Waals surface area contributed by atoms with Crippen molar-refractivity contribution in [3.8, 4) is 0 Å². The molecule has 2 atom stereocenters. The maximum absolute atomic E-state index is 10.8. The van der Waals surface area contributed by atoms with Crippen molar-refractivity contribution in [2.75, 3.05) is 64.4 Å². The standard InChI is InChI=1S/C34H70O11S2.2Na/c1-3-5-7-9-11-13-15-17-21-33(44-27-25-41-23-19-29-46(35,36)37)31-43-32-34(22-18-16-14-12-10-8-6-4-2)45-28-26-42-24-20-30-47(38,39)40;;/h33-34H,3-32H2,1-2H3,(H,35,36,37)(H,38,39,40);;/q;2*+1/p-2. The molecule has 0 aliphatic carbocycles. The third kappa shape index (κ3) is 45.7. The Kier molecular flexibility index (Phi) is 44.1. The molecule has 2 unspecified atom stereocenters. The maximum atomic E-state index is 10.8. The van der Waals surface area contributed by atoms with E-state index in [2.05, 4.69) is 13.8 Å². The van der Waals surface area contributed by atoms with Gasteiger partial charge in [0, 0.05) is 24.7 Å². The van der Waals surface area contributed by atoms with Gasteiger partial charge in [-0.25, -0.2) is 16.8 Å². The Morgan fingerprint density at radius 1 is 0.429 bits per heavy atom. The molecule has 0 N–H and O–H groups in total. The first-order chi connectivity index (χ1) is 22.6. The molecule has 0 aromatic rings.